The number of aromatic nitrogens is 3. The van der Waals surface area contributed by atoms with Crippen LogP contribution in [-0.4, -0.2) is 44.7 Å². The molecule has 0 radical (unpaired) electrons. The summed E-state index contributed by atoms with van der Waals surface area (Å²) >= 11 is 0. The molecule has 1 aromatic carbocycles. The van der Waals surface area contributed by atoms with Crippen LogP contribution in [0.15, 0.2) is 36.4 Å². The van der Waals surface area contributed by atoms with Crippen molar-refractivity contribution < 1.29 is 24.2 Å². The maximum atomic E-state index is 12.6. The number of carboxylic acid groups (broad SMARTS) is 1. The topological polar surface area (TPSA) is 149 Å². The molecule has 144 valence electrons. The van der Waals surface area contributed by atoms with Gasteiger partial charge < -0.3 is 20.9 Å². The second kappa shape index (κ2) is 7.35. The van der Waals surface area contributed by atoms with Crippen molar-refractivity contribution in [1.82, 2.24) is 19.9 Å². The van der Waals surface area contributed by atoms with Crippen molar-refractivity contribution in [2.24, 2.45) is 0 Å². The number of carboxylic acids is 1. The van der Waals surface area contributed by atoms with Crippen molar-refractivity contribution >= 4 is 29.3 Å². The zero-order valence-corrected chi connectivity index (χ0v) is 15.0. The Morgan fingerprint density at radius 3 is 2.50 bits per heavy atom. The Morgan fingerprint density at radius 1 is 1.21 bits per heavy atom. The van der Waals surface area contributed by atoms with Crippen LogP contribution >= 0.6 is 0 Å². The zero-order chi connectivity index (χ0) is 20.4. The van der Waals surface area contributed by atoms with Crippen molar-refractivity contribution in [2.45, 2.75) is 13.0 Å². The number of nitrogen functional groups attached to an aromatic ring is 1. The minimum absolute atomic E-state index is 0.0807. The first-order valence-electron chi connectivity index (χ1n) is 8.19. The van der Waals surface area contributed by atoms with Gasteiger partial charge in [0.15, 0.2) is 11.3 Å². The van der Waals surface area contributed by atoms with E-state index in [4.69, 9.17) is 5.73 Å². The third kappa shape index (κ3) is 3.61. The molecule has 2 aromatic heterocycles. The first kappa shape index (κ1) is 18.8. The Labute approximate surface area is 158 Å². The number of rotatable bonds is 5. The molecule has 4 N–H and O–H groups in total. The van der Waals surface area contributed by atoms with Crippen LogP contribution < -0.4 is 11.1 Å². The van der Waals surface area contributed by atoms with Crippen LogP contribution in [0.3, 0.4) is 0 Å². The summed E-state index contributed by atoms with van der Waals surface area (Å²) in [6, 6.07) is 8.64. The van der Waals surface area contributed by atoms with Crippen molar-refractivity contribution in [3.05, 3.63) is 58.9 Å². The van der Waals surface area contributed by atoms with Gasteiger partial charge in [0.1, 0.15) is 11.5 Å². The van der Waals surface area contributed by atoms with E-state index in [9.17, 15) is 19.5 Å². The Kier molecular flexibility index (Phi) is 4.94. The number of anilines is 1. The highest BCUT2D eigenvalue weighted by molar-refractivity contribution is 5.96. The lowest BCUT2D eigenvalue weighted by Crippen LogP contribution is -2.28. The number of ether oxygens (including phenoxy) is 1. The summed E-state index contributed by atoms with van der Waals surface area (Å²) in [5.74, 6) is -2.20. The number of amides is 1. The molecule has 3 aromatic rings. The number of carbonyl (C=O) groups excluding carboxylic acids is 2. The van der Waals surface area contributed by atoms with Gasteiger partial charge in [-0.25, -0.2) is 19.1 Å². The van der Waals surface area contributed by atoms with Gasteiger partial charge in [-0.2, -0.15) is 0 Å². The van der Waals surface area contributed by atoms with Crippen LogP contribution in [0.2, 0.25) is 0 Å². The number of esters is 1. The fourth-order valence-electron chi connectivity index (χ4n) is 2.64. The quantitative estimate of drug-likeness (QED) is 0.558. The molecule has 0 bridgehead atoms. The second-order valence-electron chi connectivity index (χ2n) is 5.98. The maximum absolute atomic E-state index is 12.6. The van der Waals surface area contributed by atoms with E-state index in [1.807, 2.05) is 0 Å². The summed E-state index contributed by atoms with van der Waals surface area (Å²) in [5, 5.41) is 15.9. The normalized spacial score (nSPS) is 11.8. The molecule has 10 heteroatoms. The summed E-state index contributed by atoms with van der Waals surface area (Å²) in [5.41, 5.74) is 6.56. The monoisotopic (exact) mass is 383 g/mol. The lowest BCUT2D eigenvalue weighted by atomic mass is 10.1. The highest BCUT2D eigenvalue weighted by Gasteiger charge is 2.19. The van der Waals surface area contributed by atoms with Crippen molar-refractivity contribution in [2.75, 3.05) is 12.8 Å². The largest absolute Gasteiger partial charge is 0.477 e. The first-order valence-corrected chi connectivity index (χ1v) is 8.19. The number of methoxy groups -OCH3 is 1. The first-order chi connectivity index (χ1) is 13.3. The maximum Gasteiger partial charge on any atom is 0.354 e. The van der Waals surface area contributed by atoms with Crippen LogP contribution in [0.25, 0.3) is 5.65 Å². The number of hydrogen-bond acceptors (Lipinski definition) is 7. The van der Waals surface area contributed by atoms with Crippen LogP contribution in [0.1, 0.15) is 49.9 Å². The predicted octanol–water partition coefficient (Wildman–Crippen LogP) is 1.29. The van der Waals surface area contributed by atoms with Gasteiger partial charge in [0, 0.05) is 12.1 Å². The standard InChI is InChI=1S/C18H17N5O5/c1-9(10-3-5-11(6-4-10)18(27)28-2)20-16(24)12-7-13(17(25)26)23-15(21-12)8-14(19)22-23/h3-9H,1-2H3,(H2,19,22)(H,20,24)(H,25,26)/t9-/m1/s1. The van der Waals surface area contributed by atoms with Gasteiger partial charge in [-0.3, -0.25) is 4.79 Å². The number of carbonyl (C=O) groups is 3. The Hall–Kier alpha value is -3.95. The molecule has 28 heavy (non-hydrogen) atoms. The van der Waals surface area contributed by atoms with Gasteiger partial charge in [-0.05, 0) is 24.6 Å². The lowest BCUT2D eigenvalue weighted by molar-refractivity contribution is 0.0599. The molecule has 0 saturated carbocycles. The smallest absolute Gasteiger partial charge is 0.354 e. The average Bonchev–Trinajstić information content (AvgIpc) is 3.06. The van der Waals surface area contributed by atoms with Gasteiger partial charge in [0.05, 0.1) is 18.7 Å². The third-order valence-electron chi connectivity index (χ3n) is 4.08. The van der Waals surface area contributed by atoms with Gasteiger partial charge in [-0.15, -0.1) is 5.10 Å². The molecule has 3 rings (SSSR count). The summed E-state index contributed by atoms with van der Waals surface area (Å²) < 4.78 is 5.70. The lowest BCUT2D eigenvalue weighted by Gasteiger charge is -2.15. The molecule has 0 aliphatic rings. The minimum Gasteiger partial charge on any atom is -0.477 e. The molecule has 0 unspecified atom stereocenters. The van der Waals surface area contributed by atoms with E-state index in [-0.39, 0.29) is 22.9 Å². The van der Waals surface area contributed by atoms with Crippen LogP contribution in [0.4, 0.5) is 5.82 Å². The summed E-state index contributed by atoms with van der Waals surface area (Å²) in [4.78, 5) is 39.6. The molecule has 0 saturated heterocycles. The number of benzene rings is 1. The summed E-state index contributed by atoms with van der Waals surface area (Å²) in [6.07, 6.45) is 0. The van der Waals surface area contributed by atoms with Gasteiger partial charge in [-0.1, -0.05) is 12.1 Å². The number of nitrogens with zero attached hydrogens (tertiary/aromatic N) is 3. The number of nitrogens with one attached hydrogen (secondary N) is 1. The molecule has 1 amide bonds. The molecular formula is C18H17N5O5. The highest BCUT2D eigenvalue weighted by atomic mass is 16.5. The van der Waals surface area contributed by atoms with Gasteiger partial charge in [0.25, 0.3) is 5.91 Å². The molecule has 2 heterocycles. The van der Waals surface area contributed by atoms with E-state index in [1.165, 1.54) is 13.2 Å². The average molecular weight is 383 g/mol. The SMILES string of the molecule is COC(=O)c1ccc([C@@H](C)NC(=O)c2cc(C(=O)O)n3nc(N)cc3n2)cc1. The Morgan fingerprint density at radius 2 is 1.89 bits per heavy atom. The summed E-state index contributed by atoms with van der Waals surface area (Å²) in [7, 11) is 1.29. The minimum atomic E-state index is -1.27. The molecule has 0 spiro atoms. The van der Waals surface area contributed by atoms with Gasteiger partial charge >= 0.3 is 11.9 Å². The molecular weight excluding hydrogens is 366 g/mol. The number of aromatic carboxylic acids is 1. The van der Waals surface area contributed by atoms with Crippen molar-refractivity contribution in [3.8, 4) is 0 Å². The molecule has 0 fully saturated rings. The summed E-state index contributed by atoms with van der Waals surface area (Å²) in [6.45, 7) is 1.75. The zero-order valence-electron chi connectivity index (χ0n) is 15.0. The highest BCUT2D eigenvalue weighted by Crippen LogP contribution is 2.16. The van der Waals surface area contributed by atoms with E-state index >= 15 is 0 Å². The number of fused-ring (bicyclic) bond motifs is 1. The number of hydrogen-bond donors (Lipinski definition) is 3. The van der Waals surface area contributed by atoms with Crippen LogP contribution in [0, 0.1) is 0 Å². The predicted molar refractivity (Wildman–Crippen MR) is 98.0 cm³/mol. The van der Waals surface area contributed by atoms with Crippen molar-refractivity contribution in [1.29, 1.82) is 0 Å². The molecule has 10 nitrogen and oxygen atoms in total. The van der Waals surface area contributed by atoms with Crippen molar-refractivity contribution in [3.63, 3.8) is 0 Å². The van der Waals surface area contributed by atoms with E-state index in [0.29, 0.717) is 5.56 Å². The van der Waals surface area contributed by atoms with E-state index in [1.54, 1.807) is 31.2 Å². The van der Waals surface area contributed by atoms with E-state index < -0.39 is 23.9 Å². The van der Waals surface area contributed by atoms with E-state index in [2.05, 4.69) is 20.1 Å². The molecule has 1 atom stereocenters. The fraction of sp³-hybridized carbons (Fsp3) is 0.167. The van der Waals surface area contributed by atoms with Crippen LogP contribution in [-0.2, 0) is 4.74 Å². The Balaban J connectivity index is 1.84. The third-order valence-corrected chi connectivity index (χ3v) is 4.08. The molecule has 0 aliphatic heterocycles. The van der Waals surface area contributed by atoms with Crippen LogP contribution in [0.5, 0.6) is 0 Å². The number of nitrogens with two attached hydrogens (primary N) is 1. The molecule has 0 aliphatic carbocycles. The fourth-order valence-corrected chi connectivity index (χ4v) is 2.64. The second-order valence-corrected chi connectivity index (χ2v) is 5.98. The van der Waals surface area contributed by atoms with Gasteiger partial charge in [0.2, 0.25) is 0 Å². The Bertz CT molecular complexity index is 1070. The van der Waals surface area contributed by atoms with E-state index in [0.717, 1.165) is 16.1 Å².